The van der Waals surface area contributed by atoms with E-state index >= 15 is 0 Å². The number of hydrogen-bond acceptors (Lipinski definition) is 7. The van der Waals surface area contributed by atoms with E-state index in [1.165, 1.54) is 12.1 Å². The minimum absolute atomic E-state index is 0.229. The number of nitro benzene ring substituents is 1. The van der Waals surface area contributed by atoms with E-state index in [0.717, 1.165) is 31.1 Å². The molecule has 0 atom stereocenters. The van der Waals surface area contributed by atoms with Crippen LogP contribution in [0.3, 0.4) is 0 Å². The van der Waals surface area contributed by atoms with E-state index in [1.54, 1.807) is 12.1 Å². The number of non-ortho nitro benzene ring substituents is 1. The topological polar surface area (TPSA) is 134 Å². The zero-order valence-corrected chi connectivity index (χ0v) is 16.5. The van der Waals surface area contributed by atoms with Crippen LogP contribution in [0, 0.1) is 21.4 Å². The molecule has 2 N–H and O–H groups in total. The van der Waals surface area contributed by atoms with E-state index in [0.29, 0.717) is 30.9 Å². The zero-order chi connectivity index (χ0) is 21.0. The number of primary sulfonamides is 1. The summed E-state index contributed by atoms with van der Waals surface area (Å²) in [6, 6.07) is 13.3. The molecule has 0 radical (unpaired) electrons. The highest BCUT2D eigenvalue weighted by atomic mass is 32.2. The van der Waals surface area contributed by atoms with Crippen LogP contribution < -0.4 is 10.0 Å². The normalized spacial score (nSPS) is 15.5. The minimum atomic E-state index is -4.11. The third-order valence-corrected chi connectivity index (χ3v) is 5.82. The summed E-state index contributed by atoms with van der Waals surface area (Å²) in [7, 11) is -4.11. The molecule has 2 aromatic rings. The van der Waals surface area contributed by atoms with Gasteiger partial charge in [0.05, 0.1) is 22.2 Å². The molecular weight excluding hydrogens is 394 g/mol. The highest BCUT2D eigenvalue weighted by molar-refractivity contribution is 7.89. The van der Waals surface area contributed by atoms with Crippen molar-refractivity contribution in [1.29, 1.82) is 5.26 Å². The van der Waals surface area contributed by atoms with E-state index in [4.69, 9.17) is 10.4 Å². The van der Waals surface area contributed by atoms with Gasteiger partial charge >= 0.3 is 0 Å². The molecule has 1 fully saturated rings. The van der Waals surface area contributed by atoms with Gasteiger partial charge in [-0.05, 0) is 30.2 Å². The Morgan fingerprint density at radius 2 is 1.83 bits per heavy atom. The third kappa shape index (κ3) is 5.08. The van der Waals surface area contributed by atoms with Crippen LogP contribution in [0.4, 0.5) is 11.4 Å². The molecular formula is C19H21N5O4S. The van der Waals surface area contributed by atoms with E-state index in [-0.39, 0.29) is 10.6 Å². The van der Waals surface area contributed by atoms with Gasteiger partial charge in [0.2, 0.25) is 10.0 Å². The standard InChI is InChI=1S/C19H21N5O4S/c20-13-15-2-4-16(5-3-15)14-22-8-1-9-23(11-10-22)18-7-6-17(24(25)26)12-19(18)29(21,27)28/h2-7,12H,1,8-11,14H2,(H2,21,27,28). The van der Waals surface area contributed by atoms with Gasteiger partial charge in [-0.1, -0.05) is 12.1 Å². The van der Waals surface area contributed by atoms with Crippen LogP contribution >= 0.6 is 0 Å². The molecule has 9 nitrogen and oxygen atoms in total. The second-order valence-electron chi connectivity index (χ2n) is 6.88. The average Bonchev–Trinajstić information content (AvgIpc) is 2.93. The predicted octanol–water partition coefficient (Wildman–Crippen LogP) is 1.83. The minimum Gasteiger partial charge on any atom is -0.369 e. The maximum Gasteiger partial charge on any atom is 0.270 e. The number of nitrogens with zero attached hydrogens (tertiary/aromatic N) is 4. The molecule has 29 heavy (non-hydrogen) atoms. The van der Waals surface area contributed by atoms with Crippen molar-refractivity contribution >= 4 is 21.4 Å². The summed E-state index contributed by atoms with van der Waals surface area (Å²) in [4.78, 5) is 14.3. The monoisotopic (exact) mass is 415 g/mol. The summed E-state index contributed by atoms with van der Waals surface area (Å²) in [6.07, 6.45) is 0.803. The quantitative estimate of drug-likeness (QED) is 0.581. The van der Waals surface area contributed by atoms with Crippen LogP contribution in [-0.4, -0.2) is 44.4 Å². The predicted molar refractivity (Wildman–Crippen MR) is 108 cm³/mol. The van der Waals surface area contributed by atoms with Crippen LogP contribution in [0.25, 0.3) is 0 Å². The lowest BCUT2D eigenvalue weighted by Crippen LogP contribution is -2.31. The Labute approximate surface area is 169 Å². The first-order chi connectivity index (χ1) is 13.8. The Balaban J connectivity index is 1.76. The Kier molecular flexibility index (Phi) is 6.12. The Hall–Kier alpha value is -3.00. The second kappa shape index (κ2) is 8.57. The molecule has 152 valence electrons. The summed E-state index contributed by atoms with van der Waals surface area (Å²) >= 11 is 0. The van der Waals surface area contributed by atoms with E-state index < -0.39 is 14.9 Å². The Bertz CT molecular complexity index is 1050. The van der Waals surface area contributed by atoms with Crippen molar-refractivity contribution in [1.82, 2.24) is 4.90 Å². The van der Waals surface area contributed by atoms with E-state index in [2.05, 4.69) is 11.0 Å². The molecule has 0 spiro atoms. The maximum atomic E-state index is 12.0. The number of benzene rings is 2. The fourth-order valence-corrected chi connectivity index (χ4v) is 4.19. The van der Waals surface area contributed by atoms with Crippen molar-refractivity contribution in [2.24, 2.45) is 5.14 Å². The second-order valence-corrected chi connectivity index (χ2v) is 8.41. The fraction of sp³-hybridized carbons (Fsp3) is 0.316. The maximum absolute atomic E-state index is 12.0. The number of sulfonamides is 1. The number of anilines is 1. The molecule has 0 saturated carbocycles. The molecule has 3 rings (SSSR count). The molecule has 10 heteroatoms. The first kappa shape index (κ1) is 20.7. The van der Waals surface area contributed by atoms with Crippen molar-refractivity contribution in [2.45, 2.75) is 17.9 Å². The number of nitro groups is 1. The smallest absolute Gasteiger partial charge is 0.270 e. The summed E-state index contributed by atoms with van der Waals surface area (Å²) in [5.74, 6) is 0. The first-order valence-corrected chi connectivity index (χ1v) is 10.6. The zero-order valence-electron chi connectivity index (χ0n) is 15.7. The highest BCUT2D eigenvalue weighted by Gasteiger charge is 2.24. The summed E-state index contributed by atoms with van der Waals surface area (Å²) in [5, 5.41) is 25.2. The van der Waals surface area contributed by atoms with Crippen LogP contribution in [0.5, 0.6) is 0 Å². The largest absolute Gasteiger partial charge is 0.369 e. The van der Waals surface area contributed by atoms with E-state index in [9.17, 15) is 18.5 Å². The Morgan fingerprint density at radius 3 is 2.45 bits per heavy atom. The van der Waals surface area contributed by atoms with Gasteiger partial charge < -0.3 is 4.90 Å². The van der Waals surface area contributed by atoms with Gasteiger partial charge in [0.25, 0.3) is 5.69 Å². The molecule has 1 heterocycles. The molecule has 2 aromatic carbocycles. The summed E-state index contributed by atoms with van der Waals surface area (Å²) < 4.78 is 24.0. The molecule has 0 unspecified atom stereocenters. The van der Waals surface area contributed by atoms with Crippen LogP contribution in [0.1, 0.15) is 17.5 Å². The average molecular weight is 415 g/mol. The number of nitriles is 1. The molecule has 0 aliphatic carbocycles. The number of hydrogen-bond donors (Lipinski definition) is 1. The lowest BCUT2D eigenvalue weighted by molar-refractivity contribution is -0.385. The molecule has 1 aliphatic heterocycles. The van der Waals surface area contributed by atoms with Gasteiger partial charge in [0.1, 0.15) is 4.90 Å². The Morgan fingerprint density at radius 1 is 1.10 bits per heavy atom. The summed E-state index contributed by atoms with van der Waals surface area (Å²) in [6.45, 7) is 3.43. The van der Waals surface area contributed by atoms with Crippen LogP contribution in [0.2, 0.25) is 0 Å². The molecule has 0 bridgehead atoms. The van der Waals surface area contributed by atoms with Crippen LogP contribution in [0.15, 0.2) is 47.4 Å². The van der Waals surface area contributed by atoms with Crippen molar-refractivity contribution in [3.8, 4) is 6.07 Å². The van der Waals surface area contributed by atoms with Crippen molar-refractivity contribution in [3.63, 3.8) is 0 Å². The van der Waals surface area contributed by atoms with Crippen LogP contribution in [-0.2, 0) is 16.6 Å². The van der Waals surface area contributed by atoms with Gasteiger partial charge in [-0.25, -0.2) is 13.6 Å². The van der Waals surface area contributed by atoms with Crippen molar-refractivity contribution in [2.75, 3.05) is 31.1 Å². The van der Waals surface area contributed by atoms with Crippen molar-refractivity contribution < 1.29 is 13.3 Å². The lowest BCUT2D eigenvalue weighted by atomic mass is 10.1. The molecule has 0 amide bonds. The number of rotatable bonds is 5. The fourth-order valence-electron chi connectivity index (χ4n) is 3.42. The highest BCUT2D eigenvalue weighted by Crippen LogP contribution is 2.29. The first-order valence-electron chi connectivity index (χ1n) is 9.05. The van der Waals surface area contributed by atoms with Gasteiger partial charge in [0.15, 0.2) is 0 Å². The lowest BCUT2D eigenvalue weighted by Gasteiger charge is -2.25. The van der Waals surface area contributed by atoms with Gasteiger partial charge in [0, 0.05) is 44.9 Å². The molecule has 0 aromatic heterocycles. The van der Waals surface area contributed by atoms with Gasteiger partial charge in [-0.3, -0.25) is 15.0 Å². The SMILES string of the molecule is N#Cc1ccc(CN2CCCN(c3ccc([N+](=O)[O-])cc3S(N)(=O)=O)CC2)cc1. The number of nitrogens with two attached hydrogens (primary N) is 1. The summed E-state index contributed by atoms with van der Waals surface area (Å²) in [5.41, 5.74) is 1.79. The van der Waals surface area contributed by atoms with E-state index in [1.807, 2.05) is 17.0 Å². The van der Waals surface area contributed by atoms with Crippen molar-refractivity contribution in [3.05, 3.63) is 63.7 Å². The third-order valence-electron chi connectivity index (χ3n) is 4.88. The molecule has 1 saturated heterocycles. The van der Waals surface area contributed by atoms with Gasteiger partial charge in [-0.15, -0.1) is 0 Å². The molecule has 1 aliphatic rings. The van der Waals surface area contributed by atoms with Gasteiger partial charge in [-0.2, -0.15) is 5.26 Å².